The van der Waals surface area contributed by atoms with Crippen molar-refractivity contribution >= 4 is 27.7 Å². The van der Waals surface area contributed by atoms with Crippen molar-refractivity contribution in [1.29, 1.82) is 0 Å². The predicted octanol–water partition coefficient (Wildman–Crippen LogP) is 4.92. The van der Waals surface area contributed by atoms with Crippen molar-refractivity contribution in [2.45, 2.75) is 58.3 Å². The van der Waals surface area contributed by atoms with Crippen molar-refractivity contribution in [3.63, 3.8) is 0 Å². The summed E-state index contributed by atoms with van der Waals surface area (Å²) in [5.41, 5.74) is 0. The third-order valence-electron chi connectivity index (χ3n) is 3.00. The number of rotatable bonds is 9. The second kappa shape index (κ2) is 9.96. The normalized spacial score (nSPS) is 10.4. The maximum Gasteiger partial charge on any atom is 0.225 e. The number of carbonyl (C=O) groups is 1. The molecule has 1 aromatic rings. The molecule has 0 aliphatic rings. The summed E-state index contributed by atoms with van der Waals surface area (Å²) >= 11 is 3.31. The second-order valence-corrected chi connectivity index (χ2v) is 5.70. The Bertz CT molecular complexity index is 365. The number of amides is 1. The van der Waals surface area contributed by atoms with Crippen LogP contribution in [0.25, 0.3) is 0 Å². The molecule has 1 amide bonds. The highest BCUT2D eigenvalue weighted by atomic mass is 79.9. The molecule has 0 aliphatic carbocycles. The van der Waals surface area contributed by atoms with Crippen molar-refractivity contribution < 1.29 is 4.79 Å². The number of unbranched alkanes of at least 4 members (excludes halogenated alkanes) is 6. The van der Waals surface area contributed by atoms with Gasteiger partial charge in [-0.05, 0) is 34.5 Å². The van der Waals surface area contributed by atoms with E-state index in [2.05, 4.69) is 33.2 Å². The molecule has 0 saturated carbocycles. The summed E-state index contributed by atoms with van der Waals surface area (Å²) in [6.45, 7) is 2.22. The molecule has 1 heterocycles. The molecule has 0 radical (unpaired) electrons. The third-order valence-corrected chi connectivity index (χ3v) is 3.47. The molecular formula is C15H23BrN2O. The van der Waals surface area contributed by atoms with E-state index in [-0.39, 0.29) is 5.91 Å². The van der Waals surface area contributed by atoms with Gasteiger partial charge < -0.3 is 5.32 Å². The van der Waals surface area contributed by atoms with Crippen LogP contribution in [0.5, 0.6) is 0 Å². The largest absolute Gasteiger partial charge is 0.311 e. The second-order valence-electron chi connectivity index (χ2n) is 4.78. The Morgan fingerprint density at radius 3 is 2.47 bits per heavy atom. The number of nitrogens with zero attached hydrogens (tertiary/aromatic N) is 1. The number of hydrogen-bond acceptors (Lipinski definition) is 2. The van der Waals surface area contributed by atoms with Crippen LogP contribution in [0.15, 0.2) is 22.8 Å². The van der Waals surface area contributed by atoms with Crippen LogP contribution in [0, 0.1) is 0 Å². The molecule has 1 N–H and O–H groups in total. The maximum atomic E-state index is 11.7. The zero-order valence-electron chi connectivity index (χ0n) is 11.6. The summed E-state index contributed by atoms with van der Waals surface area (Å²) in [6, 6.07) is 3.67. The quantitative estimate of drug-likeness (QED) is 0.654. The molecule has 0 aliphatic heterocycles. The number of halogens is 1. The highest BCUT2D eigenvalue weighted by molar-refractivity contribution is 9.10. The van der Waals surface area contributed by atoms with Gasteiger partial charge in [0.05, 0.1) is 0 Å². The van der Waals surface area contributed by atoms with Gasteiger partial charge in [-0.2, -0.15) is 0 Å². The zero-order valence-corrected chi connectivity index (χ0v) is 13.2. The van der Waals surface area contributed by atoms with Gasteiger partial charge in [-0.1, -0.05) is 45.4 Å². The van der Waals surface area contributed by atoms with Gasteiger partial charge in [0.1, 0.15) is 5.82 Å². The van der Waals surface area contributed by atoms with Crippen molar-refractivity contribution in [3.8, 4) is 0 Å². The molecular weight excluding hydrogens is 304 g/mol. The lowest BCUT2D eigenvalue weighted by Gasteiger charge is -2.04. The minimum atomic E-state index is 0.0587. The highest BCUT2D eigenvalue weighted by Gasteiger charge is 2.02. The molecule has 3 nitrogen and oxygen atoms in total. The fourth-order valence-electron chi connectivity index (χ4n) is 1.90. The van der Waals surface area contributed by atoms with Gasteiger partial charge in [0.2, 0.25) is 5.91 Å². The number of aromatic nitrogens is 1. The number of nitrogens with one attached hydrogen (secondary N) is 1. The summed E-state index contributed by atoms with van der Waals surface area (Å²) in [6.07, 6.45) is 10.9. The van der Waals surface area contributed by atoms with E-state index in [0.717, 1.165) is 17.3 Å². The van der Waals surface area contributed by atoms with Crippen molar-refractivity contribution in [2.24, 2.45) is 0 Å². The van der Waals surface area contributed by atoms with E-state index in [4.69, 9.17) is 0 Å². The van der Waals surface area contributed by atoms with Gasteiger partial charge >= 0.3 is 0 Å². The average Bonchev–Trinajstić information content (AvgIpc) is 2.40. The molecule has 0 atom stereocenters. The highest BCUT2D eigenvalue weighted by Crippen LogP contribution is 2.12. The van der Waals surface area contributed by atoms with Crippen LogP contribution >= 0.6 is 15.9 Å². The van der Waals surface area contributed by atoms with Crippen LogP contribution in [-0.2, 0) is 4.79 Å². The predicted molar refractivity (Wildman–Crippen MR) is 83.2 cm³/mol. The van der Waals surface area contributed by atoms with Crippen molar-refractivity contribution in [2.75, 3.05) is 5.32 Å². The number of anilines is 1. The Labute approximate surface area is 124 Å². The number of pyridine rings is 1. The fourth-order valence-corrected chi connectivity index (χ4v) is 2.13. The van der Waals surface area contributed by atoms with E-state index < -0.39 is 0 Å². The van der Waals surface area contributed by atoms with Crippen molar-refractivity contribution in [3.05, 3.63) is 22.8 Å². The van der Waals surface area contributed by atoms with Crippen LogP contribution < -0.4 is 5.32 Å². The van der Waals surface area contributed by atoms with E-state index in [1.807, 2.05) is 6.07 Å². The molecule has 4 heteroatoms. The lowest BCUT2D eigenvalue weighted by molar-refractivity contribution is -0.116. The minimum Gasteiger partial charge on any atom is -0.311 e. The molecule has 0 bridgehead atoms. The van der Waals surface area contributed by atoms with Gasteiger partial charge in [0.15, 0.2) is 0 Å². The molecule has 0 fully saturated rings. The maximum absolute atomic E-state index is 11.7. The Kier molecular flexibility index (Phi) is 8.47. The standard InChI is InChI=1S/C15H23BrN2O/c1-2-3-4-5-6-7-8-9-15(19)18-14-11-10-13(16)12-17-14/h10-12H,2-9H2,1H3,(H,17,18,19). The van der Waals surface area contributed by atoms with Gasteiger partial charge in [0, 0.05) is 17.1 Å². The Morgan fingerprint density at radius 1 is 1.16 bits per heavy atom. The Hall–Kier alpha value is -0.900. The molecule has 0 saturated heterocycles. The first-order chi connectivity index (χ1) is 9.22. The molecule has 106 valence electrons. The average molecular weight is 327 g/mol. The molecule has 19 heavy (non-hydrogen) atoms. The first-order valence-corrected chi connectivity index (χ1v) is 7.93. The SMILES string of the molecule is CCCCCCCCCC(=O)Nc1ccc(Br)cn1. The molecule has 0 aromatic carbocycles. The van der Waals surface area contributed by atoms with Gasteiger partial charge in [0.25, 0.3) is 0 Å². The smallest absolute Gasteiger partial charge is 0.225 e. The number of carbonyl (C=O) groups excluding carboxylic acids is 1. The summed E-state index contributed by atoms with van der Waals surface area (Å²) in [5, 5.41) is 2.81. The van der Waals surface area contributed by atoms with E-state index in [9.17, 15) is 4.79 Å². The lowest BCUT2D eigenvalue weighted by Crippen LogP contribution is -2.11. The lowest BCUT2D eigenvalue weighted by atomic mass is 10.1. The third kappa shape index (κ3) is 7.98. The van der Waals surface area contributed by atoms with Crippen LogP contribution in [0.3, 0.4) is 0 Å². The summed E-state index contributed by atoms with van der Waals surface area (Å²) in [7, 11) is 0. The molecule has 0 spiro atoms. The summed E-state index contributed by atoms with van der Waals surface area (Å²) in [4.78, 5) is 15.8. The van der Waals surface area contributed by atoms with E-state index in [1.165, 1.54) is 32.1 Å². The first kappa shape index (κ1) is 16.2. The summed E-state index contributed by atoms with van der Waals surface area (Å²) < 4.78 is 0.914. The molecule has 1 rings (SSSR count). The molecule has 1 aromatic heterocycles. The number of hydrogen-bond donors (Lipinski definition) is 1. The summed E-state index contributed by atoms with van der Waals surface area (Å²) in [5.74, 6) is 0.680. The van der Waals surface area contributed by atoms with Crippen LogP contribution in [0.1, 0.15) is 58.3 Å². The van der Waals surface area contributed by atoms with Crippen LogP contribution in [-0.4, -0.2) is 10.9 Å². The monoisotopic (exact) mass is 326 g/mol. The van der Waals surface area contributed by atoms with E-state index in [1.54, 1.807) is 12.3 Å². The van der Waals surface area contributed by atoms with Gasteiger partial charge in [-0.15, -0.1) is 0 Å². The fraction of sp³-hybridized carbons (Fsp3) is 0.600. The first-order valence-electron chi connectivity index (χ1n) is 7.13. The minimum absolute atomic E-state index is 0.0587. The van der Waals surface area contributed by atoms with E-state index in [0.29, 0.717) is 12.2 Å². The van der Waals surface area contributed by atoms with Crippen LogP contribution in [0.2, 0.25) is 0 Å². The van der Waals surface area contributed by atoms with Gasteiger partial charge in [-0.25, -0.2) is 4.98 Å². The Morgan fingerprint density at radius 2 is 1.84 bits per heavy atom. The van der Waals surface area contributed by atoms with Crippen molar-refractivity contribution in [1.82, 2.24) is 4.98 Å². The topological polar surface area (TPSA) is 42.0 Å². The molecule has 0 unspecified atom stereocenters. The van der Waals surface area contributed by atoms with Crippen LogP contribution in [0.4, 0.5) is 5.82 Å². The van der Waals surface area contributed by atoms with E-state index >= 15 is 0 Å². The van der Waals surface area contributed by atoms with Gasteiger partial charge in [-0.3, -0.25) is 4.79 Å². The zero-order chi connectivity index (χ0) is 13.9. The Balaban J connectivity index is 2.06.